The minimum atomic E-state index is -0.509. The number of amides is 2. The molecule has 2 heterocycles. The number of nitrogens with two attached hydrogens (primary N) is 1. The molecule has 6 heteroatoms. The number of benzene rings is 1. The Kier molecular flexibility index (Phi) is 3.06. The van der Waals surface area contributed by atoms with Crippen molar-refractivity contribution in [1.82, 2.24) is 4.90 Å². The highest BCUT2D eigenvalue weighted by Crippen LogP contribution is 2.55. The summed E-state index contributed by atoms with van der Waals surface area (Å²) < 4.78 is 11.7. The fraction of sp³-hybridized carbons (Fsp3) is 0.471. The first-order valence-corrected chi connectivity index (χ1v) is 7.84. The summed E-state index contributed by atoms with van der Waals surface area (Å²) in [4.78, 5) is 13.4. The third-order valence-corrected chi connectivity index (χ3v) is 5.27. The zero-order valence-electron chi connectivity index (χ0n) is 13.0. The molecule has 1 unspecified atom stereocenters. The Labute approximate surface area is 134 Å². The number of carbonyl (C=O) groups excluding carboxylic acids is 1. The van der Waals surface area contributed by atoms with Gasteiger partial charge in [-0.15, -0.1) is 0 Å². The van der Waals surface area contributed by atoms with Gasteiger partial charge in [0.25, 0.3) is 0 Å². The van der Waals surface area contributed by atoms with E-state index in [0.717, 1.165) is 23.3 Å². The Morgan fingerprint density at radius 1 is 1.52 bits per heavy atom. The second-order valence-corrected chi connectivity index (χ2v) is 6.45. The summed E-state index contributed by atoms with van der Waals surface area (Å²) in [6.07, 6.45) is 4.47. The highest BCUT2D eigenvalue weighted by atomic mass is 16.5. The van der Waals surface area contributed by atoms with Gasteiger partial charge >= 0.3 is 6.03 Å². The largest absolute Gasteiger partial charge is 0.493 e. The molecule has 0 radical (unpaired) electrons. The molecule has 1 aromatic rings. The third-order valence-electron chi connectivity index (χ3n) is 5.27. The van der Waals surface area contributed by atoms with E-state index < -0.39 is 12.1 Å². The monoisotopic (exact) mass is 316 g/mol. The van der Waals surface area contributed by atoms with Crippen molar-refractivity contribution in [2.45, 2.75) is 37.0 Å². The van der Waals surface area contributed by atoms with Gasteiger partial charge in [-0.1, -0.05) is 18.2 Å². The van der Waals surface area contributed by atoms with Crippen LogP contribution in [0.4, 0.5) is 4.79 Å². The number of aliphatic hydroxyl groups is 1. The molecule has 1 aromatic carbocycles. The maximum Gasteiger partial charge on any atom is 0.315 e. The smallest absolute Gasteiger partial charge is 0.315 e. The Bertz CT molecular complexity index is 702. The van der Waals surface area contributed by atoms with Crippen LogP contribution >= 0.6 is 0 Å². The average molecular weight is 316 g/mol. The maximum atomic E-state index is 11.7. The Hall–Kier alpha value is -2.21. The van der Waals surface area contributed by atoms with Gasteiger partial charge in [-0.25, -0.2) is 4.79 Å². The number of primary amides is 1. The molecule has 0 saturated heterocycles. The summed E-state index contributed by atoms with van der Waals surface area (Å²) in [6, 6.07) is 3.43. The van der Waals surface area contributed by atoms with Crippen LogP contribution < -0.4 is 15.2 Å². The van der Waals surface area contributed by atoms with Crippen LogP contribution in [0, 0.1) is 0 Å². The van der Waals surface area contributed by atoms with E-state index in [2.05, 4.69) is 0 Å². The summed E-state index contributed by atoms with van der Waals surface area (Å²) in [5.74, 6) is 1.42. The molecule has 0 bridgehead atoms. The van der Waals surface area contributed by atoms with Crippen LogP contribution in [0.15, 0.2) is 24.3 Å². The second kappa shape index (κ2) is 4.89. The van der Waals surface area contributed by atoms with E-state index in [-0.39, 0.29) is 11.5 Å². The van der Waals surface area contributed by atoms with E-state index in [1.807, 2.05) is 24.3 Å². The molecule has 3 N–H and O–H groups in total. The SMILES string of the molecule is COc1ccc2c3c1O[C@@H]1C[C@@H](O)C=CC31CCN(C(N)=O)C2. The third kappa shape index (κ3) is 1.94. The van der Waals surface area contributed by atoms with Crippen LogP contribution in [0.25, 0.3) is 0 Å². The molecule has 3 atom stereocenters. The molecule has 1 spiro atoms. The van der Waals surface area contributed by atoms with Crippen LogP contribution in [0.3, 0.4) is 0 Å². The average Bonchev–Trinajstić information content (AvgIpc) is 2.75. The minimum absolute atomic E-state index is 0.152. The number of aliphatic hydroxyl groups excluding tert-OH is 1. The van der Waals surface area contributed by atoms with Crippen molar-refractivity contribution in [3.8, 4) is 11.5 Å². The summed E-state index contributed by atoms with van der Waals surface area (Å²) in [5, 5.41) is 9.99. The highest BCUT2D eigenvalue weighted by Gasteiger charge is 2.53. The fourth-order valence-corrected chi connectivity index (χ4v) is 4.12. The lowest BCUT2D eigenvalue weighted by molar-refractivity contribution is 0.0823. The molecule has 2 aliphatic heterocycles. The molecular weight excluding hydrogens is 296 g/mol. The first kappa shape index (κ1) is 14.4. The van der Waals surface area contributed by atoms with Gasteiger partial charge in [0, 0.05) is 25.1 Å². The topological polar surface area (TPSA) is 85.0 Å². The van der Waals surface area contributed by atoms with Crippen LogP contribution in [-0.2, 0) is 12.0 Å². The number of carbonyl (C=O) groups is 1. The zero-order valence-corrected chi connectivity index (χ0v) is 13.0. The summed E-state index contributed by atoms with van der Waals surface area (Å²) in [7, 11) is 1.62. The maximum absolute atomic E-state index is 11.7. The van der Waals surface area contributed by atoms with E-state index in [1.165, 1.54) is 0 Å². The predicted octanol–water partition coefficient (Wildman–Crippen LogP) is 1.30. The molecule has 4 rings (SSSR count). The van der Waals surface area contributed by atoms with Gasteiger partial charge in [0.15, 0.2) is 11.5 Å². The predicted molar refractivity (Wildman–Crippen MR) is 83.5 cm³/mol. The molecule has 0 saturated carbocycles. The van der Waals surface area contributed by atoms with Crippen molar-refractivity contribution in [2.24, 2.45) is 5.73 Å². The number of methoxy groups -OCH3 is 1. The number of hydrogen-bond donors (Lipinski definition) is 2. The van der Waals surface area contributed by atoms with Crippen LogP contribution in [0.2, 0.25) is 0 Å². The van der Waals surface area contributed by atoms with Gasteiger partial charge in [-0.2, -0.15) is 0 Å². The number of ether oxygens (including phenoxy) is 2. The van der Waals surface area contributed by atoms with E-state index in [1.54, 1.807) is 12.0 Å². The standard InChI is InChI=1S/C17H20N2O4/c1-22-12-3-2-10-9-19(16(18)21)7-6-17-5-4-11(20)8-13(17)23-15(12)14(10)17/h2-5,11,13,20H,6-9H2,1H3,(H2,18,21)/t11-,13+,17?/m0/s1. The zero-order chi connectivity index (χ0) is 16.2. The number of hydrogen-bond acceptors (Lipinski definition) is 4. The molecule has 0 fully saturated rings. The number of rotatable bonds is 1. The van der Waals surface area contributed by atoms with Crippen molar-refractivity contribution >= 4 is 6.03 Å². The normalized spacial score (nSPS) is 31.0. The van der Waals surface area contributed by atoms with E-state index >= 15 is 0 Å². The molecule has 0 aromatic heterocycles. The highest BCUT2D eigenvalue weighted by molar-refractivity contribution is 5.73. The first-order chi connectivity index (χ1) is 11.0. The lowest BCUT2D eigenvalue weighted by Gasteiger charge is -2.35. The van der Waals surface area contributed by atoms with Crippen molar-refractivity contribution < 1.29 is 19.4 Å². The van der Waals surface area contributed by atoms with E-state index in [9.17, 15) is 9.90 Å². The summed E-state index contributed by atoms with van der Waals surface area (Å²) in [5.41, 5.74) is 7.29. The number of nitrogens with zero attached hydrogens (tertiary/aromatic N) is 1. The van der Waals surface area contributed by atoms with Gasteiger partial charge in [0.2, 0.25) is 0 Å². The lowest BCUT2D eigenvalue weighted by atomic mass is 9.69. The second-order valence-electron chi connectivity index (χ2n) is 6.45. The molecule has 3 aliphatic rings. The van der Waals surface area contributed by atoms with Crippen molar-refractivity contribution in [3.63, 3.8) is 0 Å². The fourth-order valence-electron chi connectivity index (χ4n) is 4.12. The quantitative estimate of drug-likeness (QED) is 0.765. The van der Waals surface area contributed by atoms with Crippen LogP contribution in [0.1, 0.15) is 24.0 Å². The lowest BCUT2D eigenvalue weighted by Crippen LogP contribution is -2.43. The van der Waals surface area contributed by atoms with Gasteiger partial charge in [0.05, 0.1) is 18.6 Å². The Morgan fingerprint density at radius 2 is 2.35 bits per heavy atom. The van der Waals surface area contributed by atoms with E-state index in [4.69, 9.17) is 15.2 Å². The molecule has 1 aliphatic carbocycles. The molecular formula is C17H20N2O4. The first-order valence-electron chi connectivity index (χ1n) is 7.84. The molecule has 2 amide bonds. The minimum Gasteiger partial charge on any atom is -0.493 e. The number of urea groups is 1. The Balaban J connectivity index is 1.92. The van der Waals surface area contributed by atoms with Crippen molar-refractivity contribution in [3.05, 3.63) is 35.4 Å². The van der Waals surface area contributed by atoms with E-state index in [0.29, 0.717) is 25.3 Å². The van der Waals surface area contributed by atoms with Gasteiger partial charge < -0.3 is 25.2 Å². The van der Waals surface area contributed by atoms with Gasteiger partial charge in [-0.05, 0) is 18.1 Å². The molecule has 6 nitrogen and oxygen atoms in total. The summed E-state index contributed by atoms with van der Waals surface area (Å²) in [6.45, 7) is 1.03. The summed E-state index contributed by atoms with van der Waals surface area (Å²) >= 11 is 0. The molecule has 122 valence electrons. The van der Waals surface area contributed by atoms with Crippen molar-refractivity contribution in [1.29, 1.82) is 0 Å². The van der Waals surface area contributed by atoms with Gasteiger partial charge in [0.1, 0.15) is 6.10 Å². The Morgan fingerprint density at radius 3 is 3.09 bits per heavy atom. The van der Waals surface area contributed by atoms with Crippen LogP contribution in [-0.4, -0.2) is 41.9 Å². The van der Waals surface area contributed by atoms with Crippen molar-refractivity contribution in [2.75, 3.05) is 13.7 Å². The molecule has 23 heavy (non-hydrogen) atoms. The van der Waals surface area contributed by atoms with Crippen LogP contribution in [0.5, 0.6) is 11.5 Å². The van der Waals surface area contributed by atoms with Gasteiger partial charge in [-0.3, -0.25) is 0 Å².